The minimum absolute atomic E-state index is 0.205. The Kier molecular flexibility index (Phi) is 4.23. The third-order valence-electron chi connectivity index (χ3n) is 2.92. The van der Waals surface area contributed by atoms with Gasteiger partial charge in [-0.05, 0) is 25.5 Å². The van der Waals surface area contributed by atoms with E-state index < -0.39 is 0 Å². The highest BCUT2D eigenvalue weighted by Gasteiger charge is 2.16. The average molecular weight is 237 g/mol. The van der Waals surface area contributed by atoms with Crippen molar-refractivity contribution in [2.75, 3.05) is 13.3 Å². The van der Waals surface area contributed by atoms with E-state index in [4.69, 9.17) is 9.47 Å². The fourth-order valence-corrected chi connectivity index (χ4v) is 1.83. The van der Waals surface area contributed by atoms with Gasteiger partial charge in [0.25, 0.3) is 0 Å². The molecule has 0 radical (unpaired) electrons. The minimum Gasteiger partial charge on any atom is -0.454 e. The van der Waals surface area contributed by atoms with Crippen LogP contribution in [0.5, 0.6) is 11.5 Å². The first-order valence-electron chi connectivity index (χ1n) is 6.07. The van der Waals surface area contributed by atoms with E-state index in [0.29, 0.717) is 6.79 Å². The first-order chi connectivity index (χ1) is 8.31. The second-order valence-electron chi connectivity index (χ2n) is 4.18. The summed E-state index contributed by atoms with van der Waals surface area (Å²) in [6.45, 7) is 3.84. The monoisotopic (exact) mass is 237 g/mol. The lowest BCUT2D eigenvalue weighted by molar-refractivity contribution is 0.159. The quantitative estimate of drug-likeness (QED) is 0.739. The standard InChI is InChI=1S/C13H19NO3/c1-2-11(15)6-7-14-8-10-4-3-5-12-13(10)17-9-16-12/h3-5,11,14-15H,2,6-9H2,1H3. The predicted octanol–water partition coefficient (Wildman–Crippen LogP) is 1.67. The number of nitrogens with one attached hydrogen (secondary N) is 1. The van der Waals surface area contributed by atoms with Crippen molar-refractivity contribution in [2.24, 2.45) is 0 Å². The Morgan fingerprint density at radius 3 is 3.12 bits per heavy atom. The molecule has 2 rings (SSSR count). The summed E-state index contributed by atoms with van der Waals surface area (Å²) >= 11 is 0. The zero-order valence-electron chi connectivity index (χ0n) is 10.1. The molecule has 0 saturated carbocycles. The number of hydrogen-bond donors (Lipinski definition) is 2. The molecule has 0 saturated heterocycles. The molecule has 1 atom stereocenters. The molecule has 0 bridgehead atoms. The molecule has 1 aliphatic heterocycles. The van der Waals surface area contributed by atoms with Gasteiger partial charge in [-0.3, -0.25) is 0 Å². The summed E-state index contributed by atoms with van der Waals surface area (Å²) in [5.41, 5.74) is 1.10. The first kappa shape index (κ1) is 12.2. The van der Waals surface area contributed by atoms with Crippen molar-refractivity contribution in [1.82, 2.24) is 5.32 Å². The number of benzene rings is 1. The van der Waals surface area contributed by atoms with Gasteiger partial charge in [-0.25, -0.2) is 0 Å². The zero-order chi connectivity index (χ0) is 12.1. The van der Waals surface area contributed by atoms with Crippen molar-refractivity contribution < 1.29 is 14.6 Å². The van der Waals surface area contributed by atoms with E-state index in [0.717, 1.165) is 43.0 Å². The maximum absolute atomic E-state index is 9.43. The van der Waals surface area contributed by atoms with Gasteiger partial charge in [0.2, 0.25) is 6.79 Å². The number of aliphatic hydroxyl groups is 1. The van der Waals surface area contributed by atoms with E-state index in [2.05, 4.69) is 5.32 Å². The van der Waals surface area contributed by atoms with E-state index in [-0.39, 0.29) is 6.10 Å². The van der Waals surface area contributed by atoms with E-state index in [1.54, 1.807) is 0 Å². The summed E-state index contributed by atoms with van der Waals surface area (Å²) in [7, 11) is 0. The molecule has 2 N–H and O–H groups in total. The van der Waals surface area contributed by atoms with Crippen molar-refractivity contribution >= 4 is 0 Å². The van der Waals surface area contributed by atoms with Crippen molar-refractivity contribution in [1.29, 1.82) is 0 Å². The summed E-state index contributed by atoms with van der Waals surface area (Å²) in [6, 6.07) is 5.90. The van der Waals surface area contributed by atoms with Crippen LogP contribution in [0.2, 0.25) is 0 Å². The Morgan fingerprint density at radius 1 is 1.41 bits per heavy atom. The van der Waals surface area contributed by atoms with Gasteiger partial charge < -0.3 is 19.9 Å². The van der Waals surface area contributed by atoms with Gasteiger partial charge in [0.05, 0.1) is 6.10 Å². The summed E-state index contributed by atoms with van der Waals surface area (Å²) in [5.74, 6) is 1.66. The van der Waals surface area contributed by atoms with Crippen LogP contribution >= 0.6 is 0 Å². The highest BCUT2D eigenvalue weighted by Crippen LogP contribution is 2.35. The molecule has 0 fully saturated rings. The lowest BCUT2D eigenvalue weighted by Gasteiger charge is -2.10. The molecule has 4 nitrogen and oxygen atoms in total. The maximum atomic E-state index is 9.43. The van der Waals surface area contributed by atoms with Crippen molar-refractivity contribution in [3.63, 3.8) is 0 Å². The molecule has 94 valence electrons. The molecule has 1 aliphatic rings. The van der Waals surface area contributed by atoms with E-state index in [1.807, 2.05) is 25.1 Å². The van der Waals surface area contributed by atoms with Crippen molar-refractivity contribution in [3.05, 3.63) is 23.8 Å². The van der Waals surface area contributed by atoms with Crippen LogP contribution in [-0.4, -0.2) is 24.5 Å². The minimum atomic E-state index is -0.205. The Bertz CT molecular complexity index is 368. The number of aliphatic hydroxyl groups excluding tert-OH is 1. The van der Waals surface area contributed by atoms with Crippen LogP contribution < -0.4 is 14.8 Å². The molecule has 1 heterocycles. The largest absolute Gasteiger partial charge is 0.454 e. The second-order valence-corrected chi connectivity index (χ2v) is 4.18. The summed E-state index contributed by atoms with van der Waals surface area (Å²) in [4.78, 5) is 0. The third-order valence-corrected chi connectivity index (χ3v) is 2.92. The molecule has 1 unspecified atom stereocenters. The number of rotatable bonds is 6. The molecule has 1 aromatic carbocycles. The smallest absolute Gasteiger partial charge is 0.231 e. The van der Waals surface area contributed by atoms with E-state index in [9.17, 15) is 5.11 Å². The van der Waals surface area contributed by atoms with Gasteiger partial charge in [0.1, 0.15) is 0 Å². The summed E-state index contributed by atoms with van der Waals surface area (Å²) < 4.78 is 10.7. The first-order valence-corrected chi connectivity index (χ1v) is 6.07. The van der Waals surface area contributed by atoms with Crippen LogP contribution in [0.1, 0.15) is 25.3 Å². The predicted molar refractivity (Wildman–Crippen MR) is 65.2 cm³/mol. The third kappa shape index (κ3) is 3.11. The molecule has 0 aliphatic carbocycles. The molecular formula is C13H19NO3. The molecule has 0 spiro atoms. The van der Waals surface area contributed by atoms with Gasteiger partial charge in [-0.15, -0.1) is 0 Å². The SMILES string of the molecule is CCC(O)CCNCc1cccc2c1OCO2. The van der Waals surface area contributed by atoms with Gasteiger partial charge >= 0.3 is 0 Å². The van der Waals surface area contributed by atoms with Gasteiger partial charge in [0.15, 0.2) is 11.5 Å². The Balaban J connectivity index is 1.82. The Labute approximate surface area is 102 Å². The second kappa shape index (κ2) is 5.89. The van der Waals surface area contributed by atoms with Crippen LogP contribution in [0.4, 0.5) is 0 Å². The van der Waals surface area contributed by atoms with Crippen molar-refractivity contribution in [3.8, 4) is 11.5 Å². The Morgan fingerprint density at radius 2 is 2.29 bits per heavy atom. The fraction of sp³-hybridized carbons (Fsp3) is 0.538. The van der Waals surface area contributed by atoms with E-state index >= 15 is 0 Å². The van der Waals surface area contributed by atoms with E-state index in [1.165, 1.54) is 0 Å². The normalized spacial score (nSPS) is 14.9. The zero-order valence-corrected chi connectivity index (χ0v) is 10.1. The fourth-order valence-electron chi connectivity index (χ4n) is 1.83. The maximum Gasteiger partial charge on any atom is 0.231 e. The highest BCUT2D eigenvalue weighted by molar-refractivity contribution is 5.48. The number of para-hydroxylation sites is 1. The lowest BCUT2D eigenvalue weighted by atomic mass is 10.1. The van der Waals surface area contributed by atoms with Crippen LogP contribution in [0, 0.1) is 0 Å². The van der Waals surface area contributed by atoms with Crippen LogP contribution in [0.25, 0.3) is 0 Å². The molecule has 4 heteroatoms. The van der Waals surface area contributed by atoms with Crippen LogP contribution in [0.15, 0.2) is 18.2 Å². The number of ether oxygens (including phenoxy) is 2. The molecular weight excluding hydrogens is 218 g/mol. The molecule has 17 heavy (non-hydrogen) atoms. The van der Waals surface area contributed by atoms with Crippen molar-refractivity contribution in [2.45, 2.75) is 32.4 Å². The summed E-state index contributed by atoms with van der Waals surface area (Å²) in [5, 5.41) is 12.7. The topological polar surface area (TPSA) is 50.7 Å². The van der Waals surface area contributed by atoms with Crippen LogP contribution in [0.3, 0.4) is 0 Å². The molecule has 0 aromatic heterocycles. The highest BCUT2D eigenvalue weighted by atomic mass is 16.7. The van der Waals surface area contributed by atoms with Gasteiger partial charge in [-0.1, -0.05) is 19.1 Å². The lowest BCUT2D eigenvalue weighted by Crippen LogP contribution is -2.19. The van der Waals surface area contributed by atoms with Gasteiger partial charge in [-0.2, -0.15) is 0 Å². The average Bonchev–Trinajstić information content (AvgIpc) is 2.83. The number of hydrogen-bond acceptors (Lipinski definition) is 4. The molecule has 1 aromatic rings. The van der Waals surface area contributed by atoms with Crippen LogP contribution in [-0.2, 0) is 6.54 Å². The Hall–Kier alpha value is -1.26. The van der Waals surface area contributed by atoms with Gasteiger partial charge in [0, 0.05) is 12.1 Å². The summed E-state index contributed by atoms with van der Waals surface area (Å²) in [6.07, 6.45) is 1.38. The number of fused-ring (bicyclic) bond motifs is 1. The molecule has 0 amide bonds.